The molecule has 0 aromatic rings. The number of piperazine rings is 1. The third-order valence-corrected chi connectivity index (χ3v) is 6.38. The van der Waals surface area contributed by atoms with Crippen molar-refractivity contribution in [3.8, 4) is 0 Å². The zero-order valence-corrected chi connectivity index (χ0v) is 16.1. The number of likely N-dealkylation sites (tertiary alicyclic amines) is 1. The van der Waals surface area contributed by atoms with E-state index < -0.39 is 0 Å². The minimum atomic E-state index is 0.714. The van der Waals surface area contributed by atoms with Crippen LogP contribution in [0.2, 0.25) is 0 Å². The van der Waals surface area contributed by atoms with E-state index in [-0.39, 0.29) is 0 Å². The third kappa shape index (κ3) is 4.93. The lowest BCUT2D eigenvalue weighted by Gasteiger charge is -2.38. The van der Waals surface area contributed by atoms with E-state index in [1.54, 1.807) is 0 Å². The smallest absolute Gasteiger partial charge is 0.0113 e. The van der Waals surface area contributed by atoms with Crippen molar-refractivity contribution < 1.29 is 0 Å². The average molecular weight is 322 g/mol. The summed E-state index contributed by atoms with van der Waals surface area (Å²) in [7, 11) is 0. The maximum atomic E-state index is 2.80. The van der Waals surface area contributed by atoms with Crippen LogP contribution in [0.25, 0.3) is 0 Å². The summed E-state index contributed by atoms with van der Waals surface area (Å²) in [5.74, 6) is 1.80. The standard InChI is InChI=1S/C20H39N3/c1-17(2)13-20(6-7-20)16-22-8-5-19(15-22)14-21-9-11-23(12-10-21)18(3)4/h17-19H,5-16H2,1-4H3/t19-/m0/s1. The van der Waals surface area contributed by atoms with Gasteiger partial charge in [-0.1, -0.05) is 13.8 Å². The molecule has 1 aliphatic carbocycles. The van der Waals surface area contributed by atoms with Gasteiger partial charge in [-0.15, -0.1) is 0 Å². The summed E-state index contributed by atoms with van der Waals surface area (Å²) in [5, 5.41) is 0. The number of nitrogens with zero attached hydrogens (tertiary/aromatic N) is 3. The predicted octanol–water partition coefficient (Wildman–Crippen LogP) is 3.16. The summed E-state index contributed by atoms with van der Waals surface area (Å²) >= 11 is 0. The molecule has 2 aliphatic heterocycles. The van der Waals surface area contributed by atoms with Gasteiger partial charge in [0.15, 0.2) is 0 Å². The highest BCUT2D eigenvalue weighted by molar-refractivity contribution is 4.97. The van der Waals surface area contributed by atoms with E-state index in [4.69, 9.17) is 0 Å². The fourth-order valence-electron chi connectivity index (χ4n) is 4.98. The summed E-state index contributed by atoms with van der Waals surface area (Å²) in [6, 6.07) is 0.717. The van der Waals surface area contributed by atoms with E-state index in [9.17, 15) is 0 Å². The summed E-state index contributed by atoms with van der Waals surface area (Å²) < 4.78 is 0. The Bertz CT molecular complexity index is 367. The van der Waals surface area contributed by atoms with E-state index in [0.29, 0.717) is 5.41 Å². The Labute approximate surface area is 144 Å². The van der Waals surface area contributed by atoms with Gasteiger partial charge in [-0.2, -0.15) is 0 Å². The molecule has 0 bridgehead atoms. The first-order valence-electron chi connectivity index (χ1n) is 10.1. The Morgan fingerprint density at radius 1 is 0.913 bits per heavy atom. The fourth-order valence-corrected chi connectivity index (χ4v) is 4.98. The second kappa shape index (κ2) is 7.41. The van der Waals surface area contributed by atoms with Crippen molar-refractivity contribution in [3.05, 3.63) is 0 Å². The summed E-state index contributed by atoms with van der Waals surface area (Å²) in [5.41, 5.74) is 0.714. The highest BCUT2D eigenvalue weighted by Gasteiger charge is 2.44. The molecular weight excluding hydrogens is 282 g/mol. The van der Waals surface area contributed by atoms with Crippen LogP contribution in [0.4, 0.5) is 0 Å². The highest BCUT2D eigenvalue weighted by Crippen LogP contribution is 2.51. The SMILES string of the molecule is CC(C)CC1(CN2CC[C@@H](CN3CCN(C(C)C)CC3)C2)CC1. The van der Waals surface area contributed by atoms with Gasteiger partial charge in [0, 0.05) is 51.9 Å². The Morgan fingerprint density at radius 2 is 1.61 bits per heavy atom. The molecule has 0 amide bonds. The first-order valence-corrected chi connectivity index (χ1v) is 10.1. The minimum absolute atomic E-state index is 0.714. The summed E-state index contributed by atoms with van der Waals surface area (Å²) in [4.78, 5) is 8.15. The van der Waals surface area contributed by atoms with E-state index in [1.165, 1.54) is 78.0 Å². The molecule has 3 aliphatic rings. The van der Waals surface area contributed by atoms with Gasteiger partial charge in [0.2, 0.25) is 0 Å². The van der Waals surface area contributed by atoms with Crippen LogP contribution >= 0.6 is 0 Å². The zero-order chi connectivity index (χ0) is 16.4. The maximum absolute atomic E-state index is 2.80. The van der Waals surface area contributed by atoms with Gasteiger partial charge in [-0.05, 0) is 63.3 Å². The number of hydrogen-bond acceptors (Lipinski definition) is 3. The van der Waals surface area contributed by atoms with Crippen molar-refractivity contribution >= 4 is 0 Å². The van der Waals surface area contributed by atoms with Crippen LogP contribution in [0.3, 0.4) is 0 Å². The van der Waals surface area contributed by atoms with Gasteiger partial charge in [0.25, 0.3) is 0 Å². The molecule has 0 N–H and O–H groups in total. The highest BCUT2D eigenvalue weighted by atomic mass is 15.3. The van der Waals surface area contributed by atoms with E-state index in [1.807, 2.05) is 0 Å². The monoisotopic (exact) mass is 321 g/mol. The molecule has 2 heterocycles. The van der Waals surface area contributed by atoms with Gasteiger partial charge in [0.05, 0.1) is 0 Å². The molecular formula is C20H39N3. The van der Waals surface area contributed by atoms with Crippen molar-refractivity contribution in [2.75, 3.05) is 52.4 Å². The Kier molecular flexibility index (Phi) is 5.70. The van der Waals surface area contributed by atoms with Crippen LogP contribution in [0, 0.1) is 17.3 Å². The molecule has 3 nitrogen and oxygen atoms in total. The first kappa shape index (κ1) is 17.7. The topological polar surface area (TPSA) is 9.72 Å². The molecule has 3 fully saturated rings. The van der Waals surface area contributed by atoms with Crippen molar-refractivity contribution in [3.63, 3.8) is 0 Å². The molecule has 2 saturated heterocycles. The van der Waals surface area contributed by atoms with Crippen LogP contribution in [0.1, 0.15) is 53.4 Å². The maximum Gasteiger partial charge on any atom is 0.0113 e. The third-order valence-electron chi connectivity index (χ3n) is 6.38. The van der Waals surface area contributed by atoms with Gasteiger partial charge < -0.3 is 9.80 Å². The van der Waals surface area contributed by atoms with Crippen molar-refractivity contribution in [2.45, 2.75) is 59.4 Å². The van der Waals surface area contributed by atoms with E-state index in [0.717, 1.165) is 17.9 Å². The lowest BCUT2D eigenvalue weighted by molar-refractivity contribution is 0.0967. The minimum Gasteiger partial charge on any atom is -0.302 e. The van der Waals surface area contributed by atoms with Gasteiger partial charge in [-0.25, -0.2) is 0 Å². The van der Waals surface area contributed by atoms with Gasteiger partial charge in [0.1, 0.15) is 0 Å². The molecule has 1 atom stereocenters. The molecule has 23 heavy (non-hydrogen) atoms. The first-order chi connectivity index (χ1) is 11.0. The van der Waals surface area contributed by atoms with E-state index >= 15 is 0 Å². The zero-order valence-electron chi connectivity index (χ0n) is 16.1. The van der Waals surface area contributed by atoms with Crippen LogP contribution in [-0.4, -0.2) is 73.1 Å². The van der Waals surface area contributed by atoms with Crippen molar-refractivity contribution in [2.24, 2.45) is 17.3 Å². The second-order valence-corrected chi connectivity index (χ2v) is 9.42. The quantitative estimate of drug-likeness (QED) is 0.713. The lowest BCUT2D eigenvalue weighted by atomic mass is 9.94. The Hall–Kier alpha value is -0.120. The molecule has 0 aromatic carbocycles. The Morgan fingerprint density at radius 3 is 2.17 bits per heavy atom. The summed E-state index contributed by atoms with van der Waals surface area (Å²) in [6.07, 6.45) is 5.86. The molecule has 3 rings (SSSR count). The molecule has 0 unspecified atom stereocenters. The number of hydrogen-bond donors (Lipinski definition) is 0. The van der Waals surface area contributed by atoms with Crippen LogP contribution in [0.15, 0.2) is 0 Å². The Balaban J connectivity index is 1.37. The summed E-state index contributed by atoms with van der Waals surface area (Å²) in [6.45, 7) is 20.0. The molecule has 0 radical (unpaired) electrons. The predicted molar refractivity (Wildman–Crippen MR) is 98.8 cm³/mol. The largest absolute Gasteiger partial charge is 0.302 e. The van der Waals surface area contributed by atoms with Crippen molar-refractivity contribution in [1.82, 2.24) is 14.7 Å². The normalized spacial score (nSPS) is 29.7. The van der Waals surface area contributed by atoms with Gasteiger partial charge >= 0.3 is 0 Å². The molecule has 134 valence electrons. The second-order valence-electron chi connectivity index (χ2n) is 9.42. The molecule has 3 heteroatoms. The van der Waals surface area contributed by atoms with Crippen LogP contribution < -0.4 is 0 Å². The number of rotatable bonds is 7. The molecule has 1 saturated carbocycles. The van der Waals surface area contributed by atoms with Crippen molar-refractivity contribution in [1.29, 1.82) is 0 Å². The average Bonchev–Trinajstić information content (AvgIpc) is 3.08. The molecule has 0 aromatic heterocycles. The molecule has 0 spiro atoms. The van der Waals surface area contributed by atoms with Crippen LogP contribution in [-0.2, 0) is 0 Å². The van der Waals surface area contributed by atoms with Gasteiger partial charge in [-0.3, -0.25) is 4.90 Å². The fraction of sp³-hybridized carbons (Fsp3) is 1.00. The van der Waals surface area contributed by atoms with Crippen LogP contribution in [0.5, 0.6) is 0 Å². The van der Waals surface area contributed by atoms with E-state index in [2.05, 4.69) is 42.4 Å². The lowest BCUT2D eigenvalue weighted by Crippen LogP contribution is -2.50.